The van der Waals surface area contributed by atoms with Crippen molar-refractivity contribution in [3.8, 4) is 0 Å². The van der Waals surface area contributed by atoms with Crippen LogP contribution in [0, 0.1) is 6.92 Å². The number of nitrogens with zero attached hydrogens (tertiary/aromatic N) is 1. The fourth-order valence-electron chi connectivity index (χ4n) is 1.43. The highest BCUT2D eigenvalue weighted by Gasteiger charge is 2.08. The van der Waals surface area contributed by atoms with Crippen LogP contribution in [0.25, 0.3) is 0 Å². The lowest BCUT2D eigenvalue weighted by atomic mass is 10.3. The monoisotopic (exact) mass is 266 g/mol. The lowest BCUT2D eigenvalue weighted by molar-refractivity contribution is 0.0696. The van der Waals surface area contributed by atoms with Gasteiger partial charge < -0.3 is 14.8 Å². The van der Waals surface area contributed by atoms with Crippen molar-refractivity contribution in [1.82, 2.24) is 4.98 Å². The van der Waals surface area contributed by atoms with Gasteiger partial charge in [0.1, 0.15) is 17.2 Å². The van der Waals surface area contributed by atoms with Gasteiger partial charge in [-0.05, 0) is 24.6 Å². The van der Waals surface area contributed by atoms with E-state index < -0.39 is 5.97 Å². The lowest BCUT2D eigenvalue weighted by Gasteiger charge is -2.05. The number of carboxylic acid groups (broad SMARTS) is 1. The van der Waals surface area contributed by atoms with Crippen molar-refractivity contribution in [2.75, 3.05) is 5.32 Å². The van der Waals surface area contributed by atoms with E-state index in [0.717, 1.165) is 11.3 Å². The molecule has 0 aliphatic rings. The van der Waals surface area contributed by atoms with E-state index in [9.17, 15) is 4.79 Å². The first-order chi connectivity index (χ1) is 8.56. The summed E-state index contributed by atoms with van der Waals surface area (Å²) in [4.78, 5) is 14.7. The zero-order chi connectivity index (χ0) is 13.1. The number of aromatic nitrogens is 1. The maximum Gasteiger partial charge on any atom is 0.338 e. The zero-order valence-electron chi connectivity index (χ0n) is 9.61. The molecule has 0 aromatic carbocycles. The summed E-state index contributed by atoms with van der Waals surface area (Å²) in [6, 6.07) is 3.34. The highest BCUT2D eigenvalue weighted by atomic mass is 35.5. The van der Waals surface area contributed by atoms with Gasteiger partial charge in [0.2, 0.25) is 0 Å². The van der Waals surface area contributed by atoms with Crippen molar-refractivity contribution in [2.24, 2.45) is 0 Å². The van der Waals surface area contributed by atoms with Crippen molar-refractivity contribution in [3.05, 3.63) is 46.6 Å². The second-order valence-electron chi connectivity index (χ2n) is 3.79. The molecule has 18 heavy (non-hydrogen) atoms. The number of hydrogen-bond acceptors (Lipinski definition) is 4. The number of nitrogens with one attached hydrogen (secondary N) is 1. The van der Waals surface area contributed by atoms with E-state index in [1.165, 1.54) is 12.3 Å². The van der Waals surface area contributed by atoms with Gasteiger partial charge in [-0.3, -0.25) is 0 Å². The smallest absolute Gasteiger partial charge is 0.338 e. The molecule has 2 rings (SSSR count). The quantitative estimate of drug-likeness (QED) is 0.832. The van der Waals surface area contributed by atoms with Crippen molar-refractivity contribution in [2.45, 2.75) is 13.5 Å². The van der Waals surface area contributed by atoms with E-state index in [0.29, 0.717) is 17.5 Å². The molecule has 2 N–H and O–H groups in total. The number of aromatic carboxylic acids is 1. The van der Waals surface area contributed by atoms with E-state index in [1.807, 2.05) is 13.0 Å². The number of carbonyl (C=O) groups is 1. The topological polar surface area (TPSA) is 75.4 Å². The first-order valence-corrected chi connectivity index (χ1v) is 5.61. The van der Waals surface area contributed by atoms with Gasteiger partial charge in [0.15, 0.2) is 0 Å². The Morgan fingerprint density at radius 1 is 1.56 bits per heavy atom. The molecule has 2 aromatic heterocycles. The van der Waals surface area contributed by atoms with Crippen LogP contribution in [-0.4, -0.2) is 16.1 Å². The third kappa shape index (κ3) is 2.81. The number of rotatable bonds is 4. The molecule has 0 aliphatic heterocycles. The molecule has 2 aromatic rings. The number of pyridine rings is 1. The SMILES string of the molecule is Cc1cc(NCc2cc(C(=O)O)co2)cnc1Cl. The molecule has 0 atom stereocenters. The molecule has 5 nitrogen and oxygen atoms in total. The summed E-state index contributed by atoms with van der Waals surface area (Å²) in [5, 5.41) is 12.3. The van der Waals surface area contributed by atoms with Crippen molar-refractivity contribution >= 4 is 23.3 Å². The third-order valence-corrected chi connectivity index (χ3v) is 2.78. The number of halogens is 1. The molecule has 0 radical (unpaired) electrons. The Kier molecular flexibility index (Phi) is 3.53. The fourth-order valence-corrected chi connectivity index (χ4v) is 1.53. The Morgan fingerprint density at radius 2 is 2.33 bits per heavy atom. The molecule has 0 amide bonds. The van der Waals surface area contributed by atoms with E-state index in [4.69, 9.17) is 21.1 Å². The summed E-state index contributed by atoms with van der Waals surface area (Å²) < 4.78 is 5.11. The summed E-state index contributed by atoms with van der Waals surface area (Å²) in [6.45, 7) is 2.24. The Balaban J connectivity index is 2.02. The number of furan rings is 1. The van der Waals surface area contributed by atoms with Gasteiger partial charge in [-0.2, -0.15) is 0 Å². The van der Waals surface area contributed by atoms with Crippen molar-refractivity contribution in [1.29, 1.82) is 0 Å². The van der Waals surface area contributed by atoms with Gasteiger partial charge in [-0.25, -0.2) is 9.78 Å². The third-order valence-electron chi connectivity index (χ3n) is 2.38. The average molecular weight is 267 g/mol. The normalized spacial score (nSPS) is 10.3. The minimum Gasteiger partial charge on any atom is -0.478 e. The fraction of sp³-hybridized carbons (Fsp3) is 0.167. The van der Waals surface area contributed by atoms with Crippen LogP contribution in [0.1, 0.15) is 21.7 Å². The van der Waals surface area contributed by atoms with Crippen LogP contribution in [0.4, 0.5) is 5.69 Å². The standard InChI is InChI=1S/C12H11ClN2O3/c1-7-2-9(4-15-11(7)13)14-5-10-3-8(6-18-10)12(16)17/h2-4,6,14H,5H2,1H3,(H,16,17). The Morgan fingerprint density at radius 3 is 2.94 bits per heavy atom. The van der Waals surface area contributed by atoms with Crippen LogP contribution in [0.3, 0.4) is 0 Å². The van der Waals surface area contributed by atoms with Crippen LogP contribution >= 0.6 is 11.6 Å². The summed E-state index contributed by atoms with van der Waals surface area (Å²) in [6.07, 6.45) is 2.82. The van der Waals surface area contributed by atoms with Gasteiger partial charge in [-0.1, -0.05) is 11.6 Å². The molecule has 94 valence electrons. The van der Waals surface area contributed by atoms with Crippen LogP contribution in [0.15, 0.2) is 29.0 Å². The van der Waals surface area contributed by atoms with Crippen LogP contribution < -0.4 is 5.32 Å². The van der Waals surface area contributed by atoms with E-state index >= 15 is 0 Å². The first-order valence-electron chi connectivity index (χ1n) is 5.23. The van der Waals surface area contributed by atoms with Crippen LogP contribution in [0.2, 0.25) is 5.15 Å². The lowest BCUT2D eigenvalue weighted by Crippen LogP contribution is -1.99. The molecule has 0 saturated heterocycles. The highest BCUT2D eigenvalue weighted by molar-refractivity contribution is 6.30. The minimum atomic E-state index is -1.01. The predicted molar refractivity (Wildman–Crippen MR) is 67.0 cm³/mol. The van der Waals surface area contributed by atoms with Crippen molar-refractivity contribution in [3.63, 3.8) is 0 Å². The molecule has 0 bridgehead atoms. The Hall–Kier alpha value is -2.01. The maximum absolute atomic E-state index is 10.7. The Labute approximate surface area is 108 Å². The molecule has 0 aliphatic carbocycles. The van der Waals surface area contributed by atoms with Gasteiger partial charge in [0, 0.05) is 0 Å². The minimum absolute atomic E-state index is 0.136. The zero-order valence-corrected chi connectivity index (χ0v) is 10.4. The van der Waals surface area contributed by atoms with E-state index in [1.54, 1.807) is 6.20 Å². The van der Waals surface area contributed by atoms with E-state index in [2.05, 4.69) is 10.3 Å². The molecule has 0 saturated carbocycles. The predicted octanol–water partition coefficient (Wildman–Crippen LogP) is 2.95. The molecule has 0 unspecified atom stereocenters. The van der Waals surface area contributed by atoms with Gasteiger partial charge in [0.05, 0.1) is 24.0 Å². The molecular weight excluding hydrogens is 256 g/mol. The average Bonchev–Trinajstić information content (AvgIpc) is 2.79. The number of hydrogen-bond donors (Lipinski definition) is 2. The molecular formula is C12H11ClN2O3. The van der Waals surface area contributed by atoms with Gasteiger partial charge >= 0.3 is 5.97 Å². The summed E-state index contributed by atoms with van der Waals surface area (Å²) in [5.74, 6) is -0.464. The summed E-state index contributed by atoms with van der Waals surface area (Å²) in [7, 11) is 0. The number of carboxylic acids is 1. The largest absolute Gasteiger partial charge is 0.478 e. The second-order valence-corrected chi connectivity index (χ2v) is 4.15. The van der Waals surface area contributed by atoms with E-state index in [-0.39, 0.29) is 5.56 Å². The van der Waals surface area contributed by atoms with Crippen LogP contribution in [0.5, 0.6) is 0 Å². The number of aryl methyl sites for hydroxylation is 1. The molecule has 2 heterocycles. The molecule has 0 spiro atoms. The van der Waals surface area contributed by atoms with Crippen molar-refractivity contribution < 1.29 is 14.3 Å². The molecule has 0 fully saturated rings. The second kappa shape index (κ2) is 5.10. The molecule has 6 heteroatoms. The number of anilines is 1. The highest BCUT2D eigenvalue weighted by Crippen LogP contribution is 2.17. The summed E-state index contributed by atoms with van der Waals surface area (Å²) >= 11 is 5.81. The van der Waals surface area contributed by atoms with Gasteiger partial charge in [-0.15, -0.1) is 0 Å². The first kappa shape index (κ1) is 12.4. The summed E-state index contributed by atoms with van der Waals surface area (Å²) in [5.41, 5.74) is 1.80. The Bertz CT molecular complexity index is 580. The van der Waals surface area contributed by atoms with Gasteiger partial charge in [0.25, 0.3) is 0 Å². The van der Waals surface area contributed by atoms with Crippen LogP contribution in [-0.2, 0) is 6.54 Å². The maximum atomic E-state index is 10.7.